The smallest absolute Gasteiger partial charge is 0.238 e. The fraction of sp³-hybridized carbons (Fsp3) is 0.364. The molecule has 1 heterocycles. The van der Waals surface area contributed by atoms with Gasteiger partial charge in [0.2, 0.25) is 11.8 Å². The van der Waals surface area contributed by atoms with E-state index in [9.17, 15) is 14.7 Å². The van der Waals surface area contributed by atoms with Crippen LogP contribution in [0.25, 0.3) is 0 Å². The maximum atomic E-state index is 12.5. The van der Waals surface area contributed by atoms with Gasteiger partial charge in [0.1, 0.15) is 17.5 Å². The summed E-state index contributed by atoms with van der Waals surface area (Å²) in [6.45, 7) is 4.36. The number of benzene rings is 2. The number of halogens is 1. The summed E-state index contributed by atoms with van der Waals surface area (Å²) in [7, 11) is 0. The van der Waals surface area contributed by atoms with E-state index in [1.54, 1.807) is 55.5 Å². The fourth-order valence-corrected chi connectivity index (χ4v) is 3.50. The van der Waals surface area contributed by atoms with Gasteiger partial charge in [0, 0.05) is 36.4 Å². The van der Waals surface area contributed by atoms with Crippen LogP contribution in [0.1, 0.15) is 20.3 Å². The van der Waals surface area contributed by atoms with E-state index in [0.29, 0.717) is 41.7 Å². The molecule has 1 saturated heterocycles. The van der Waals surface area contributed by atoms with E-state index in [4.69, 9.17) is 16.3 Å². The molecule has 2 atom stereocenters. The molecule has 1 fully saturated rings. The summed E-state index contributed by atoms with van der Waals surface area (Å²) in [6.07, 6.45) is -0.00818. The second-order valence-electron chi connectivity index (χ2n) is 7.71. The van der Waals surface area contributed by atoms with Crippen molar-refractivity contribution in [3.05, 3.63) is 53.6 Å². The van der Waals surface area contributed by atoms with Crippen LogP contribution in [0, 0.1) is 0 Å². The molecule has 0 spiro atoms. The predicted octanol–water partition coefficient (Wildman–Crippen LogP) is 3.14. The van der Waals surface area contributed by atoms with Crippen molar-refractivity contribution in [3.63, 3.8) is 0 Å². The van der Waals surface area contributed by atoms with Gasteiger partial charge in [0.05, 0.1) is 6.54 Å². The number of anilines is 2. The van der Waals surface area contributed by atoms with Crippen molar-refractivity contribution >= 4 is 34.8 Å². The van der Waals surface area contributed by atoms with Gasteiger partial charge in [-0.1, -0.05) is 17.7 Å². The Hall–Kier alpha value is -2.61. The van der Waals surface area contributed by atoms with Gasteiger partial charge in [-0.2, -0.15) is 0 Å². The van der Waals surface area contributed by atoms with Crippen LogP contribution in [-0.2, 0) is 9.59 Å². The van der Waals surface area contributed by atoms with Crippen molar-refractivity contribution in [1.82, 2.24) is 4.90 Å². The Morgan fingerprint density at radius 3 is 2.50 bits per heavy atom. The van der Waals surface area contributed by atoms with E-state index < -0.39 is 11.7 Å². The van der Waals surface area contributed by atoms with Gasteiger partial charge in [-0.15, -0.1) is 0 Å². The standard InChI is InChI=1S/C22H26ClN3O4/c1-15(27)24-17-6-8-18(9-7-17)25-21(28)14-26-11-10-22(2,29)20(13-26)30-19-5-3-4-16(23)12-19/h3-9,12,20,29H,10-11,13-14H2,1-2H3,(H,24,27)(H,25,28)/t20-,22-/m0/s1. The Bertz CT molecular complexity index is 902. The number of hydrogen-bond acceptors (Lipinski definition) is 5. The highest BCUT2D eigenvalue weighted by molar-refractivity contribution is 6.30. The highest BCUT2D eigenvalue weighted by Gasteiger charge is 2.39. The van der Waals surface area contributed by atoms with Gasteiger partial charge < -0.3 is 20.5 Å². The first-order valence-electron chi connectivity index (χ1n) is 9.76. The van der Waals surface area contributed by atoms with Crippen molar-refractivity contribution < 1.29 is 19.4 Å². The summed E-state index contributed by atoms with van der Waals surface area (Å²) >= 11 is 6.02. The zero-order valence-corrected chi connectivity index (χ0v) is 17.8. The molecule has 1 aliphatic rings. The number of ether oxygens (including phenoxy) is 1. The van der Waals surface area contributed by atoms with Crippen LogP contribution in [0.15, 0.2) is 48.5 Å². The lowest BCUT2D eigenvalue weighted by Gasteiger charge is -2.42. The van der Waals surface area contributed by atoms with E-state index >= 15 is 0 Å². The third kappa shape index (κ3) is 6.19. The molecule has 0 saturated carbocycles. The molecule has 1 aliphatic heterocycles. The molecular formula is C22H26ClN3O4. The van der Waals surface area contributed by atoms with Crippen molar-refractivity contribution in [3.8, 4) is 5.75 Å². The average Bonchev–Trinajstić information content (AvgIpc) is 2.66. The molecule has 0 radical (unpaired) electrons. The monoisotopic (exact) mass is 431 g/mol. The van der Waals surface area contributed by atoms with Crippen LogP contribution < -0.4 is 15.4 Å². The number of likely N-dealkylation sites (tertiary alicyclic amines) is 1. The van der Waals surface area contributed by atoms with Crippen LogP contribution in [0.3, 0.4) is 0 Å². The summed E-state index contributed by atoms with van der Waals surface area (Å²) in [5, 5.41) is 16.8. The first kappa shape index (κ1) is 22.1. The topological polar surface area (TPSA) is 90.9 Å². The van der Waals surface area contributed by atoms with E-state index in [2.05, 4.69) is 10.6 Å². The van der Waals surface area contributed by atoms with Gasteiger partial charge in [-0.3, -0.25) is 14.5 Å². The van der Waals surface area contributed by atoms with E-state index in [1.165, 1.54) is 6.92 Å². The third-order valence-corrected chi connectivity index (χ3v) is 5.22. The van der Waals surface area contributed by atoms with Crippen molar-refractivity contribution in [1.29, 1.82) is 0 Å². The molecule has 0 unspecified atom stereocenters. The Morgan fingerprint density at radius 2 is 1.87 bits per heavy atom. The summed E-state index contributed by atoms with van der Waals surface area (Å²) in [6, 6.07) is 14.0. The molecule has 7 nitrogen and oxygen atoms in total. The number of nitrogens with one attached hydrogen (secondary N) is 2. The van der Waals surface area contributed by atoms with Crippen LogP contribution >= 0.6 is 11.6 Å². The largest absolute Gasteiger partial charge is 0.486 e. The molecule has 3 rings (SSSR count). The lowest BCUT2D eigenvalue weighted by atomic mass is 9.90. The van der Waals surface area contributed by atoms with Gasteiger partial charge in [0.25, 0.3) is 0 Å². The summed E-state index contributed by atoms with van der Waals surface area (Å²) in [4.78, 5) is 25.5. The minimum atomic E-state index is -1.01. The zero-order chi connectivity index (χ0) is 21.7. The number of hydrogen-bond donors (Lipinski definition) is 3. The highest BCUT2D eigenvalue weighted by Crippen LogP contribution is 2.28. The van der Waals surface area contributed by atoms with E-state index in [1.807, 2.05) is 4.90 Å². The number of carbonyl (C=O) groups is 2. The Labute approximate surface area is 181 Å². The number of piperidine rings is 1. The van der Waals surface area contributed by atoms with Gasteiger partial charge in [-0.25, -0.2) is 0 Å². The first-order valence-corrected chi connectivity index (χ1v) is 10.1. The summed E-state index contributed by atoms with van der Waals surface area (Å²) in [5.74, 6) is 0.269. The predicted molar refractivity (Wildman–Crippen MR) is 117 cm³/mol. The zero-order valence-electron chi connectivity index (χ0n) is 17.0. The second-order valence-corrected chi connectivity index (χ2v) is 8.15. The molecule has 30 heavy (non-hydrogen) atoms. The molecule has 3 N–H and O–H groups in total. The Morgan fingerprint density at radius 1 is 1.20 bits per heavy atom. The highest BCUT2D eigenvalue weighted by atomic mass is 35.5. The maximum Gasteiger partial charge on any atom is 0.238 e. The van der Waals surface area contributed by atoms with Crippen molar-refractivity contribution in [2.24, 2.45) is 0 Å². The molecule has 2 amide bonds. The van der Waals surface area contributed by atoms with Gasteiger partial charge in [-0.05, 0) is 55.8 Å². The molecular weight excluding hydrogens is 406 g/mol. The van der Waals surface area contributed by atoms with Crippen LogP contribution in [0.5, 0.6) is 5.75 Å². The molecule has 0 bridgehead atoms. The normalized spacial score (nSPS) is 21.7. The number of carbonyl (C=O) groups excluding carboxylic acids is 2. The van der Waals surface area contributed by atoms with Crippen LogP contribution in [-0.4, -0.2) is 53.2 Å². The van der Waals surface area contributed by atoms with Crippen LogP contribution in [0.2, 0.25) is 5.02 Å². The Balaban J connectivity index is 1.56. The molecule has 2 aromatic carbocycles. The van der Waals surface area contributed by atoms with Crippen molar-refractivity contribution in [2.45, 2.75) is 32.0 Å². The molecule has 0 aromatic heterocycles. The van der Waals surface area contributed by atoms with E-state index in [-0.39, 0.29) is 18.4 Å². The lowest BCUT2D eigenvalue weighted by molar-refractivity contribution is -0.122. The number of amides is 2. The minimum absolute atomic E-state index is 0.151. The Kier molecular flexibility index (Phi) is 6.97. The van der Waals surface area contributed by atoms with Crippen molar-refractivity contribution in [2.75, 3.05) is 30.3 Å². The molecule has 8 heteroatoms. The number of nitrogens with zero attached hydrogens (tertiary/aromatic N) is 1. The average molecular weight is 432 g/mol. The lowest BCUT2D eigenvalue weighted by Crippen LogP contribution is -2.57. The molecule has 0 aliphatic carbocycles. The first-order chi connectivity index (χ1) is 14.2. The number of rotatable bonds is 6. The molecule has 2 aromatic rings. The summed E-state index contributed by atoms with van der Waals surface area (Å²) < 4.78 is 5.98. The minimum Gasteiger partial charge on any atom is -0.486 e. The SMILES string of the molecule is CC(=O)Nc1ccc(NC(=O)CN2CC[C@](C)(O)[C@@H](Oc3cccc(Cl)c3)C2)cc1. The maximum absolute atomic E-state index is 12.5. The third-order valence-electron chi connectivity index (χ3n) is 4.98. The van der Waals surface area contributed by atoms with Crippen LogP contribution in [0.4, 0.5) is 11.4 Å². The van der Waals surface area contributed by atoms with Gasteiger partial charge >= 0.3 is 0 Å². The fourth-order valence-electron chi connectivity index (χ4n) is 3.32. The van der Waals surface area contributed by atoms with Gasteiger partial charge in [0.15, 0.2) is 0 Å². The molecule has 160 valence electrons. The second kappa shape index (κ2) is 9.47. The summed E-state index contributed by atoms with van der Waals surface area (Å²) in [5.41, 5.74) is 0.305. The van der Waals surface area contributed by atoms with E-state index in [0.717, 1.165) is 0 Å². The number of aliphatic hydroxyl groups is 1. The quantitative estimate of drug-likeness (QED) is 0.653.